The number of esters is 1. The predicted octanol–water partition coefficient (Wildman–Crippen LogP) is 0.232. The molecule has 1 aliphatic heterocycles. The van der Waals surface area contributed by atoms with Crippen molar-refractivity contribution in [3.05, 3.63) is 0 Å². The van der Waals surface area contributed by atoms with Gasteiger partial charge in [-0.25, -0.2) is 0 Å². The molecule has 106 valence electrons. The molecular formula is C13H26N2O3. The zero-order chi connectivity index (χ0) is 13.4. The minimum absolute atomic E-state index is 0.166. The van der Waals surface area contributed by atoms with Crippen LogP contribution in [0.2, 0.25) is 0 Å². The molecule has 5 heteroatoms. The van der Waals surface area contributed by atoms with Crippen LogP contribution in [0.25, 0.3) is 0 Å². The van der Waals surface area contributed by atoms with E-state index in [1.54, 1.807) is 0 Å². The summed E-state index contributed by atoms with van der Waals surface area (Å²) in [6.45, 7) is 5.50. The van der Waals surface area contributed by atoms with Crippen LogP contribution in [0.5, 0.6) is 0 Å². The van der Waals surface area contributed by atoms with Gasteiger partial charge >= 0.3 is 5.97 Å². The molecular weight excluding hydrogens is 232 g/mol. The number of hydrogen-bond acceptors (Lipinski definition) is 5. The first-order valence-electron chi connectivity index (χ1n) is 6.83. The van der Waals surface area contributed by atoms with Crippen molar-refractivity contribution in [1.82, 2.24) is 10.2 Å². The third-order valence-electron chi connectivity index (χ3n) is 3.54. The minimum atomic E-state index is -0.166. The molecule has 0 radical (unpaired) electrons. The van der Waals surface area contributed by atoms with E-state index in [0.29, 0.717) is 18.5 Å². The second kappa shape index (κ2) is 8.45. The van der Waals surface area contributed by atoms with E-state index in [-0.39, 0.29) is 12.6 Å². The molecule has 0 aromatic rings. The topological polar surface area (TPSA) is 61.8 Å². The van der Waals surface area contributed by atoms with Gasteiger partial charge in [-0.1, -0.05) is 13.3 Å². The Bertz CT molecular complexity index is 248. The quantitative estimate of drug-likeness (QED) is 0.506. The normalized spacial score (nSPS) is 25.1. The highest BCUT2D eigenvalue weighted by atomic mass is 16.5. The third-order valence-corrected chi connectivity index (χ3v) is 3.54. The lowest BCUT2D eigenvalue weighted by molar-refractivity contribution is -0.142. The van der Waals surface area contributed by atoms with Crippen molar-refractivity contribution < 1.29 is 14.6 Å². The predicted molar refractivity (Wildman–Crippen MR) is 70.3 cm³/mol. The molecule has 2 N–H and O–H groups in total. The SMILES string of the molecule is CCC1CC(NCCCO)CN(CC(=O)OC)C1. The fraction of sp³-hybridized carbons (Fsp3) is 0.923. The summed E-state index contributed by atoms with van der Waals surface area (Å²) in [5.74, 6) is 0.468. The monoisotopic (exact) mass is 258 g/mol. The lowest BCUT2D eigenvalue weighted by Gasteiger charge is -2.37. The maximum Gasteiger partial charge on any atom is 0.319 e. The average molecular weight is 258 g/mol. The first kappa shape index (κ1) is 15.4. The van der Waals surface area contributed by atoms with Gasteiger partial charge in [0, 0.05) is 25.7 Å². The maximum absolute atomic E-state index is 11.3. The average Bonchev–Trinajstić information content (AvgIpc) is 2.38. The molecule has 0 saturated carbocycles. The van der Waals surface area contributed by atoms with Crippen molar-refractivity contribution >= 4 is 5.97 Å². The summed E-state index contributed by atoms with van der Waals surface area (Å²) in [4.78, 5) is 13.5. The van der Waals surface area contributed by atoms with E-state index < -0.39 is 0 Å². The van der Waals surface area contributed by atoms with Crippen LogP contribution in [0.4, 0.5) is 0 Å². The molecule has 1 heterocycles. The molecule has 1 saturated heterocycles. The highest BCUT2D eigenvalue weighted by Crippen LogP contribution is 2.19. The molecule has 2 unspecified atom stereocenters. The molecule has 0 aliphatic carbocycles. The highest BCUT2D eigenvalue weighted by Gasteiger charge is 2.27. The fourth-order valence-corrected chi connectivity index (χ4v) is 2.51. The molecule has 0 bridgehead atoms. The molecule has 0 spiro atoms. The molecule has 2 atom stereocenters. The number of ether oxygens (including phenoxy) is 1. The van der Waals surface area contributed by atoms with Gasteiger partial charge in [0.25, 0.3) is 0 Å². The summed E-state index contributed by atoms with van der Waals surface area (Å²) in [6, 6.07) is 0.417. The van der Waals surface area contributed by atoms with Gasteiger partial charge in [-0.05, 0) is 25.3 Å². The fourth-order valence-electron chi connectivity index (χ4n) is 2.51. The lowest BCUT2D eigenvalue weighted by atomic mass is 9.92. The van der Waals surface area contributed by atoms with Crippen LogP contribution in [0, 0.1) is 5.92 Å². The van der Waals surface area contributed by atoms with Gasteiger partial charge in [-0.3, -0.25) is 9.69 Å². The zero-order valence-electron chi connectivity index (χ0n) is 11.5. The van der Waals surface area contributed by atoms with Crippen LogP contribution in [-0.4, -0.2) is 61.9 Å². The summed E-state index contributed by atoms with van der Waals surface area (Å²) in [5, 5.41) is 12.2. The number of carbonyl (C=O) groups is 1. The van der Waals surface area contributed by atoms with E-state index in [2.05, 4.69) is 17.1 Å². The Balaban J connectivity index is 2.41. The number of aliphatic hydroxyl groups excluding tert-OH is 1. The molecule has 5 nitrogen and oxygen atoms in total. The smallest absolute Gasteiger partial charge is 0.319 e. The Morgan fingerprint density at radius 1 is 1.50 bits per heavy atom. The molecule has 0 aromatic carbocycles. The van der Waals surface area contributed by atoms with Crippen molar-refractivity contribution in [1.29, 1.82) is 0 Å². The van der Waals surface area contributed by atoms with Crippen LogP contribution in [0.15, 0.2) is 0 Å². The number of methoxy groups -OCH3 is 1. The molecule has 1 fully saturated rings. The highest BCUT2D eigenvalue weighted by molar-refractivity contribution is 5.71. The number of nitrogens with zero attached hydrogens (tertiary/aromatic N) is 1. The van der Waals surface area contributed by atoms with Crippen LogP contribution in [0.1, 0.15) is 26.2 Å². The summed E-state index contributed by atoms with van der Waals surface area (Å²) in [6.07, 6.45) is 3.07. The molecule has 0 aromatic heterocycles. The number of rotatable bonds is 7. The van der Waals surface area contributed by atoms with Crippen molar-refractivity contribution in [3.63, 3.8) is 0 Å². The van der Waals surface area contributed by atoms with Crippen molar-refractivity contribution in [2.24, 2.45) is 5.92 Å². The number of nitrogens with one attached hydrogen (secondary N) is 1. The van der Waals surface area contributed by atoms with E-state index in [9.17, 15) is 4.79 Å². The first-order valence-corrected chi connectivity index (χ1v) is 6.83. The zero-order valence-corrected chi connectivity index (χ0v) is 11.5. The van der Waals surface area contributed by atoms with Gasteiger partial charge in [-0.15, -0.1) is 0 Å². The molecule has 1 aliphatic rings. The number of likely N-dealkylation sites (tertiary alicyclic amines) is 1. The second-order valence-electron chi connectivity index (χ2n) is 5.01. The van der Waals surface area contributed by atoms with Crippen molar-refractivity contribution in [2.45, 2.75) is 32.2 Å². The number of piperidine rings is 1. The Labute approximate surface area is 109 Å². The van der Waals surface area contributed by atoms with Gasteiger partial charge in [-0.2, -0.15) is 0 Å². The molecule has 0 amide bonds. The van der Waals surface area contributed by atoms with Gasteiger partial charge in [0.1, 0.15) is 0 Å². The Hall–Kier alpha value is -0.650. The van der Waals surface area contributed by atoms with Gasteiger partial charge in [0.15, 0.2) is 0 Å². The first-order chi connectivity index (χ1) is 8.69. The maximum atomic E-state index is 11.3. The minimum Gasteiger partial charge on any atom is -0.468 e. The van der Waals surface area contributed by atoms with Gasteiger partial charge in [0.05, 0.1) is 13.7 Å². The number of carbonyl (C=O) groups excluding carboxylic acids is 1. The molecule has 18 heavy (non-hydrogen) atoms. The van der Waals surface area contributed by atoms with Crippen LogP contribution in [-0.2, 0) is 9.53 Å². The second-order valence-corrected chi connectivity index (χ2v) is 5.01. The number of aliphatic hydroxyl groups is 1. The number of hydrogen-bond donors (Lipinski definition) is 2. The summed E-state index contributed by atoms with van der Waals surface area (Å²) < 4.78 is 4.72. The summed E-state index contributed by atoms with van der Waals surface area (Å²) in [5.41, 5.74) is 0. The third kappa shape index (κ3) is 5.33. The van der Waals surface area contributed by atoms with E-state index in [0.717, 1.165) is 38.9 Å². The van der Waals surface area contributed by atoms with E-state index in [1.807, 2.05) is 0 Å². The van der Waals surface area contributed by atoms with Gasteiger partial charge < -0.3 is 15.2 Å². The van der Waals surface area contributed by atoms with Crippen molar-refractivity contribution in [3.8, 4) is 0 Å². The van der Waals surface area contributed by atoms with Crippen LogP contribution < -0.4 is 5.32 Å². The van der Waals surface area contributed by atoms with Crippen LogP contribution in [0.3, 0.4) is 0 Å². The molecule has 1 rings (SSSR count). The lowest BCUT2D eigenvalue weighted by Crippen LogP contribution is -2.50. The standard InChI is InChI=1S/C13H26N2O3/c1-3-11-7-12(14-5-4-6-16)9-15(8-11)10-13(17)18-2/h11-12,14,16H,3-10H2,1-2H3. The largest absolute Gasteiger partial charge is 0.468 e. The van der Waals surface area contributed by atoms with Crippen molar-refractivity contribution in [2.75, 3.05) is 39.9 Å². The van der Waals surface area contributed by atoms with E-state index in [4.69, 9.17) is 9.84 Å². The Morgan fingerprint density at radius 2 is 2.28 bits per heavy atom. The summed E-state index contributed by atoms with van der Waals surface area (Å²) in [7, 11) is 1.43. The Kier molecular flexibility index (Phi) is 7.23. The van der Waals surface area contributed by atoms with E-state index in [1.165, 1.54) is 7.11 Å². The summed E-state index contributed by atoms with van der Waals surface area (Å²) >= 11 is 0. The van der Waals surface area contributed by atoms with E-state index >= 15 is 0 Å². The van der Waals surface area contributed by atoms with Crippen LogP contribution >= 0.6 is 0 Å². The Morgan fingerprint density at radius 3 is 2.89 bits per heavy atom. The van der Waals surface area contributed by atoms with Gasteiger partial charge in [0.2, 0.25) is 0 Å².